The van der Waals surface area contributed by atoms with Gasteiger partial charge in [0.25, 0.3) is 0 Å². The van der Waals surface area contributed by atoms with E-state index in [-0.39, 0.29) is 5.70 Å². The van der Waals surface area contributed by atoms with Gasteiger partial charge >= 0.3 is 23.7 Å². The van der Waals surface area contributed by atoms with Crippen LogP contribution in [0.3, 0.4) is 0 Å². The molecule has 0 radical (unpaired) electrons. The lowest BCUT2D eigenvalue weighted by atomic mass is 10.4. The van der Waals surface area contributed by atoms with Gasteiger partial charge in [-0.1, -0.05) is 0 Å². The summed E-state index contributed by atoms with van der Waals surface area (Å²) in [5, 5.41) is 7.12. The maximum atomic E-state index is 11.8. The fourth-order valence-corrected chi connectivity index (χ4v) is 2.02. The van der Waals surface area contributed by atoms with Crippen molar-refractivity contribution in [1.29, 1.82) is 0 Å². The second-order valence-corrected chi connectivity index (χ2v) is 4.83. The number of nitrogens with zero attached hydrogens (tertiary/aromatic N) is 4. The highest BCUT2D eigenvalue weighted by molar-refractivity contribution is 5.98. The van der Waals surface area contributed by atoms with Gasteiger partial charge < -0.3 is 9.47 Å². The molecule has 9 nitrogen and oxygen atoms in total. The Morgan fingerprint density at radius 1 is 1.30 bits per heavy atom. The van der Waals surface area contributed by atoms with Crippen LogP contribution in [-0.2, 0) is 26.1 Å². The molecule has 2 aromatic rings. The van der Waals surface area contributed by atoms with Crippen molar-refractivity contribution in [3.8, 4) is 0 Å². The number of rotatable bonds is 4. The summed E-state index contributed by atoms with van der Waals surface area (Å²) in [6.07, 6.45) is 1.00. The SMILES string of the molecule is COC(=O)C=C(Nc1nn2c(C)cc(C)nc2[n+]1C)C(=O)OC. The Balaban J connectivity index is 2.48. The summed E-state index contributed by atoms with van der Waals surface area (Å²) in [5.74, 6) is -0.484. The first-order valence-corrected chi connectivity index (χ1v) is 6.75. The van der Waals surface area contributed by atoms with Crippen molar-refractivity contribution in [2.75, 3.05) is 19.5 Å². The molecule has 0 bridgehead atoms. The van der Waals surface area contributed by atoms with Gasteiger partial charge in [0.1, 0.15) is 0 Å². The number of nitrogens with one attached hydrogen (secondary N) is 1. The van der Waals surface area contributed by atoms with Gasteiger partial charge in [-0.2, -0.15) is 0 Å². The lowest BCUT2D eigenvalue weighted by Gasteiger charge is -2.03. The van der Waals surface area contributed by atoms with Crippen LogP contribution in [-0.4, -0.2) is 40.8 Å². The van der Waals surface area contributed by atoms with Gasteiger partial charge in [-0.05, 0) is 13.8 Å². The minimum Gasteiger partial charge on any atom is -0.466 e. The molecule has 0 amide bonds. The van der Waals surface area contributed by atoms with Crippen LogP contribution in [0.1, 0.15) is 11.4 Å². The average Bonchev–Trinajstić information content (AvgIpc) is 2.83. The topological polar surface area (TPSA) is 98.7 Å². The molecule has 122 valence electrons. The Hall–Kier alpha value is -2.97. The van der Waals surface area contributed by atoms with Crippen molar-refractivity contribution < 1.29 is 23.6 Å². The smallest absolute Gasteiger partial charge is 0.364 e. The lowest BCUT2D eigenvalue weighted by molar-refractivity contribution is -0.633. The van der Waals surface area contributed by atoms with E-state index in [9.17, 15) is 9.59 Å². The van der Waals surface area contributed by atoms with E-state index in [1.165, 1.54) is 14.2 Å². The van der Waals surface area contributed by atoms with Crippen LogP contribution in [0.4, 0.5) is 5.95 Å². The van der Waals surface area contributed by atoms with Gasteiger partial charge in [0.2, 0.25) is 0 Å². The summed E-state index contributed by atoms with van der Waals surface area (Å²) >= 11 is 0. The number of carbonyl (C=O) groups excluding carboxylic acids is 2. The Bertz CT molecular complexity index is 809. The van der Waals surface area contributed by atoms with Crippen molar-refractivity contribution >= 4 is 23.7 Å². The van der Waals surface area contributed by atoms with E-state index in [0.29, 0.717) is 11.7 Å². The Kier molecular flexibility index (Phi) is 4.58. The van der Waals surface area contributed by atoms with Crippen molar-refractivity contribution in [2.45, 2.75) is 13.8 Å². The van der Waals surface area contributed by atoms with E-state index in [2.05, 4.69) is 24.9 Å². The van der Waals surface area contributed by atoms with Crippen molar-refractivity contribution in [2.24, 2.45) is 7.05 Å². The fourth-order valence-electron chi connectivity index (χ4n) is 2.02. The molecule has 2 aromatic heterocycles. The quantitative estimate of drug-likeness (QED) is 0.474. The van der Waals surface area contributed by atoms with Gasteiger partial charge in [0, 0.05) is 18.2 Å². The van der Waals surface area contributed by atoms with E-state index in [0.717, 1.165) is 17.5 Å². The highest BCUT2D eigenvalue weighted by atomic mass is 16.5. The second kappa shape index (κ2) is 6.42. The minimum absolute atomic E-state index is 0.0901. The van der Waals surface area contributed by atoms with Crippen LogP contribution in [0, 0.1) is 13.8 Å². The summed E-state index contributed by atoms with van der Waals surface area (Å²) < 4.78 is 12.5. The number of hydrogen-bond donors (Lipinski definition) is 1. The van der Waals surface area contributed by atoms with E-state index in [1.54, 1.807) is 16.1 Å². The number of hydrogen-bond acceptors (Lipinski definition) is 7. The summed E-state index contributed by atoms with van der Waals surface area (Å²) in [4.78, 5) is 27.6. The summed E-state index contributed by atoms with van der Waals surface area (Å²) in [5.41, 5.74) is 1.63. The minimum atomic E-state index is -0.715. The molecule has 2 heterocycles. The zero-order valence-electron chi connectivity index (χ0n) is 13.6. The van der Waals surface area contributed by atoms with Crippen molar-refractivity contribution in [3.05, 3.63) is 29.2 Å². The first kappa shape index (κ1) is 16.4. The molecule has 2 rings (SSSR count). The molecule has 0 spiro atoms. The number of aromatic nitrogens is 4. The first-order valence-electron chi connectivity index (χ1n) is 6.75. The summed E-state index contributed by atoms with van der Waals surface area (Å²) in [6.45, 7) is 3.77. The second-order valence-electron chi connectivity index (χ2n) is 4.83. The molecule has 0 atom stereocenters. The van der Waals surface area contributed by atoms with E-state index < -0.39 is 11.9 Å². The Morgan fingerprint density at radius 3 is 2.61 bits per heavy atom. The van der Waals surface area contributed by atoms with E-state index >= 15 is 0 Å². The molecule has 0 aliphatic rings. The average molecular weight is 320 g/mol. The highest BCUT2D eigenvalue weighted by Gasteiger charge is 2.23. The predicted octanol–water partition coefficient (Wildman–Crippen LogP) is -0.188. The zero-order chi connectivity index (χ0) is 17.1. The molecular weight excluding hydrogens is 302 g/mol. The third kappa shape index (κ3) is 3.28. The van der Waals surface area contributed by atoms with Gasteiger partial charge in [0.05, 0.1) is 31.7 Å². The van der Waals surface area contributed by atoms with Gasteiger partial charge in [-0.15, -0.1) is 9.50 Å². The highest BCUT2D eigenvalue weighted by Crippen LogP contribution is 2.09. The van der Waals surface area contributed by atoms with Crippen LogP contribution in [0.25, 0.3) is 5.78 Å². The fraction of sp³-hybridized carbons (Fsp3) is 0.357. The van der Waals surface area contributed by atoms with Crippen LogP contribution in [0.15, 0.2) is 17.8 Å². The van der Waals surface area contributed by atoms with E-state index in [1.807, 2.05) is 19.9 Å². The van der Waals surface area contributed by atoms with Gasteiger partial charge in [-0.3, -0.25) is 5.32 Å². The molecule has 0 unspecified atom stereocenters. The number of ether oxygens (including phenoxy) is 2. The third-order valence-corrected chi connectivity index (χ3v) is 3.15. The normalized spacial score (nSPS) is 11.4. The van der Waals surface area contributed by atoms with Crippen molar-refractivity contribution in [1.82, 2.24) is 14.6 Å². The monoisotopic (exact) mass is 320 g/mol. The molecule has 9 heteroatoms. The van der Waals surface area contributed by atoms with Gasteiger partial charge in [-0.25, -0.2) is 14.2 Å². The number of carbonyl (C=O) groups is 2. The summed E-state index contributed by atoms with van der Waals surface area (Å²) in [7, 11) is 4.17. The Labute approximate surface area is 132 Å². The predicted molar refractivity (Wildman–Crippen MR) is 79.4 cm³/mol. The van der Waals surface area contributed by atoms with Crippen LogP contribution < -0.4 is 9.88 Å². The van der Waals surface area contributed by atoms with Crippen LogP contribution in [0.5, 0.6) is 0 Å². The standard InChI is InChI=1S/C14H17N5O4/c1-8-6-9(2)19-14(15-8)18(3)13(17-19)16-10(12(21)23-5)7-11(20)22-4/h6-7H,1-5H3/p+1. The number of anilines is 1. The molecule has 0 aliphatic heterocycles. The molecule has 0 aliphatic carbocycles. The molecule has 0 saturated heterocycles. The van der Waals surface area contributed by atoms with Crippen LogP contribution >= 0.6 is 0 Å². The van der Waals surface area contributed by atoms with Crippen LogP contribution in [0.2, 0.25) is 0 Å². The van der Waals surface area contributed by atoms with Gasteiger partial charge in [0.15, 0.2) is 5.70 Å². The first-order chi connectivity index (χ1) is 10.9. The number of esters is 2. The number of methoxy groups -OCH3 is 2. The maximum absolute atomic E-state index is 11.8. The van der Waals surface area contributed by atoms with E-state index in [4.69, 9.17) is 0 Å². The third-order valence-electron chi connectivity index (χ3n) is 3.15. The molecule has 0 aromatic carbocycles. The number of fused-ring (bicyclic) bond motifs is 1. The molecule has 1 N–H and O–H groups in total. The largest absolute Gasteiger partial charge is 0.466 e. The zero-order valence-corrected chi connectivity index (χ0v) is 13.6. The summed E-state index contributed by atoms with van der Waals surface area (Å²) in [6, 6.07) is 1.88. The molecule has 0 fully saturated rings. The number of aryl methyl sites for hydroxylation is 3. The maximum Gasteiger partial charge on any atom is 0.364 e. The molecular formula is C14H18N5O4+. The Morgan fingerprint density at radius 2 is 2.00 bits per heavy atom. The lowest BCUT2D eigenvalue weighted by Crippen LogP contribution is -2.33. The van der Waals surface area contributed by atoms with Crippen molar-refractivity contribution in [3.63, 3.8) is 0 Å². The molecule has 23 heavy (non-hydrogen) atoms. The molecule has 0 saturated carbocycles.